The van der Waals surface area contributed by atoms with Crippen LogP contribution < -0.4 is 5.32 Å². The van der Waals surface area contributed by atoms with Gasteiger partial charge in [-0.15, -0.1) is 0 Å². The third-order valence-corrected chi connectivity index (χ3v) is 7.12. The molecular weight excluding hydrogens is 527 g/mol. The fraction of sp³-hybridized carbons (Fsp3) is 0.500. The molecular formula is C26H31Cl3N2O5. The van der Waals surface area contributed by atoms with Crippen molar-refractivity contribution >= 4 is 46.4 Å². The first kappa shape index (κ1) is 27.6. The summed E-state index contributed by atoms with van der Waals surface area (Å²) in [4.78, 5) is 14.4. The Morgan fingerprint density at radius 3 is 2.44 bits per heavy atom. The SMILES string of the molecule is COC[C@@H]1CCCN1C[C@H]1C[C@@H](c2ccc(CO)cc2)O[C@@H](c2ccc(NC(=O)C(Cl)(Cl)Cl)cc2)O1. The predicted octanol–water partition coefficient (Wildman–Crippen LogP) is 5.14. The molecule has 1 amide bonds. The fourth-order valence-electron chi connectivity index (χ4n) is 4.74. The normalized spacial score (nSPS) is 25.1. The molecule has 36 heavy (non-hydrogen) atoms. The highest BCUT2D eigenvalue weighted by Crippen LogP contribution is 2.39. The van der Waals surface area contributed by atoms with Gasteiger partial charge in [-0.2, -0.15) is 0 Å². The zero-order valence-corrected chi connectivity index (χ0v) is 22.3. The summed E-state index contributed by atoms with van der Waals surface area (Å²) in [6.07, 6.45) is 2.17. The number of hydrogen-bond acceptors (Lipinski definition) is 6. The van der Waals surface area contributed by atoms with Crippen molar-refractivity contribution in [3.63, 3.8) is 0 Å². The molecule has 4 rings (SSSR count). The summed E-state index contributed by atoms with van der Waals surface area (Å²) in [5.74, 6) is -0.729. The van der Waals surface area contributed by atoms with Gasteiger partial charge < -0.3 is 24.6 Å². The summed E-state index contributed by atoms with van der Waals surface area (Å²) in [5, 5.41) is 12.0. The largest absolute Gasteiger partial charge is 0.392 e. The number of aliphatic hydroxyl groups excluding tert-OH is 1. The maximum Gasteiger partial charge on any atom is 0.276 e. The van der Waals surface area contributed by atoms with E-state index >= 15 is 0 Å². The number of alkyl halides is 3. The molecule has 2 aliphatic rings. The Kier molecular flexibility index (Phi) is 9.52. The standard InChI is InChI=1S/C26H31Cl3N2O5/c1-34-16-21-3-2-12-31(21)14-22-13-23(18-6-4-17(15-32)5-7-18)36-24(35-22)19-8-10-20(11-9-19)30-25(33)26(27,28)29/h4-11,21-24,32H,2-3,12-16H2,1H3,(H,30,33)/t21-,22+,23-,24-/m0/s1. The van der Waals surface area contributed by atoms with Gasteiger partial charge in [0.05, 0.1) is 25.4 Å². The molecule has 2 heterocycles. The Balaban J connectivity index is 1.51. The van der Waals surface area contributed by atoms with Crippen LogP contribution in [0.5, 0.6) is 0 Å². The van der Waals surface area contributed by atoms with Crippen molar-refractivity contribution in [2.45, 2.75) is 54.2 Å². The maximum atomic E-state index is 12.0. The van der Waals surface area contributed by atoms with Crippen LogP contribution in [0, 0.1) is 0 Å². The molecule has 4 atom stereocenters. The minimum atomic E-state index is -2.05. The van der Waals surface area contributed by atoms with Crippen LogP contribution in [0.2, 0.25) is 0 Å². The number of amides is 1. The molecule has 2 fully saturated rings. The van der Waals surface area contributed by atoms with Gasteiger partial charge in [0.15, 0.2) is 6.29 Å². The molecule has 0 spiro atoms. The molecule has 0 radical (unpaired) electrons. The molecule has 0 aromatic heterocycles. The van der Waals surface area contributed by atoms with Gasteiger partial charge in [-0.25, -0.2) is 0 Å². The average Bonchev–Trinajstić information content (AvgIpc) is 3.30. The van der Waals surface area contributed by atoms with E-state index in [9.17, 15) is 9.90 Å². The predicted molar refractivity (Wildman–Crippen MR) is 140 cm³/mol. The average molecular weight is 558 g/mol. The molecule has 2 saturated heterocycles. The zero-order chi connectivity index (χ0) is 25.7. The number of nitrogens with zero attached hydrogens (tertiary/aromatic N) is 1. The Morgan fingerprint density at radius 1 is 1.11 bits per heavy atom. The maximum absolute atomic E-state index is 12.0. The number of likely N-dealkylation sites (tertiary alicyclic amines) is 1. The molecule has 0 saturated carbocycles. The van der Waals surface area contributed by atoms with Gasteiger partial charge in [-0.3, -0.25) is 9.69 Å². The summed E-state index contributed by atoms with van der Waals surface area (Å²) >= 11 is 16.9. The molecule has 2 N–H and O–H groups in total. The van der Waals surface area contributed by atoms with Gasteiger partial charge in [-0.1, -0.05) is 71.2 Å². The van der Waals surface area contributed by atoms with Crippen LogP contribution in [0.4, 0.5) is 5.69 Å². The molecule has 7 nitrogen and oxygen atoms in total. The lowest BCUT2D eigenvalue weighted by Gasteiger charge is -2.38. The fourth-order valence-corrected chi connectivity index (χ4v) is 4.88. The van der Waals surface area contributed by atoms with Crippen LogP contribution in [-0.2, 0) is 25.6 Å². The molecule has 0 bridgehead atoms. The molecule has 2 aromatic carbocycles. The van der Waals surface area contributed by atoms with E-state index in [0.29, 0.717) is 24.8 Å². The third kappa shape index (κ3) is 7.11. The van der Waals surface area contributed by atoms with Crippen molar-refractivity contribution in [3.8, 4) is 0 Å². The topological polar surface area (TPSA) is 80.3 Å². The van der Waals surface area contributed by atoms with Crippen molar-refractivity contribution in [1.29, 1.82) is 0 Å². The van der Waals surface area contributed by atoms with E-state index in [1.165, 1.54) is 0 Å². The molecule has 2 aromatic rings. The van der Waals surface area contributed by atoms with Gasteiger partial charge in [-0.05, 0) is 42.6 Å². The van der Waals surface area contributed by atoms with Crippen molar-refractivity contribution in [2.75, 3.05) is 32.1 Å². The molecule has 2 aliphatic heterocycles. The minimum absolute atomic E-state index is 0.00280. The highest BCUT2D eigenvalue weighted by molar-refractivity contribution is 6.76. The number of halogens is 3. The second-order valence-electron chi connectivity index (χ2n) is 9.17. The van der Waals surface area contributed by atoms with E-state index in [2.05, 4.69) is 10.2 Å². The Labute approximate surface area is 226 Å². The lowest BCUT2D eigenvalue weighted by atomic mass is 9.99. The van der Waals surface area contributed by atoms with E-state index in [-0.39, 0.29) is 18.8 Å². The van der Waals surface area contributed by atoms with Gasteiger partial charge in [0.25, 0.3) is 9.70 Å². The Bertz CT molecular complexity index is 1000. The first-order chi connectivity index (χ1) is 17.3. The lowest BCUT2D eigenvalue weighted by molar-refractivity contribution is -0.253. The quantitative estimate of drug-likeness (QED) is 0.437. The number of carbonyl (C=O) groups is 1. The smallest absolute Gasteiger partial charge is 0.276 e. The summed E-state index contributed by atoms with van der Waals surface area (Å²) in [6, 6.07) is 15.3. The summed E-state index contributed by atoms with van der Waals surface area (Å²) in [5.41, 5.74) is 3.20. The number of carbonyl (C=O) groups excluding carboxylic acids is 1. The second kappa shape index (κ2) is 12.4. The van der Waals surface area contributed by atoms with Crippen molar-refractivity contribution in [3.05, 3.63) is 65.2 Å². The first-order valence-electron chi connectivity index (χ1n) is 12.0. The van der Waals surface area contributed by atoms with Crippen LogP contribution in [-0.4, -0.2) is 58.7 Å². The number of methoxy groups -OCH3 is 1. The number of hydrogen-bond donors (Lipinski definition) is 2. The number of aliphatic hydroxyl groups is 1. The highest BCUT2D eigenvalue weighted by atomic mass is 35.6. The molecule has 0 unspecified atom stereocenters. The van der Waals surface area contributed by atoms with Crippen molar-refractivity contribution in [1.82, 2.24) is 4.90 Å². The summed E-state index contributed by atoms with van der Waals surface area (Å²) in [6.45, 7) is 2.51. The Hall–Kier alpha value is -1.42. The van der Waals surface area contributed by atoms with Gasteiger partial charge in [0.2, 0.25) is 0 Å². The van der Waals surface area contributed by atoms with Gasteiger partial charge in [0.1, 0.15) is 0 Å². The number of anilines is 1. The summed E-state index contributed by atoms with van der Waals surface area (Å²) in [7, 11) is 1.74. The van der Waals surface area contributed by atoms with Crippen LogP contribution in [0.15, 0.2) is 48.5 Å². The summed E-state index contributed by atoms with van der Waals surface area (Å²) < 4.78 is 16.2. The number of benzene rings is 2. The monoisotopic (exact) mass is 556 g/mol. The van der Waals surface area contributed by atoms with Crippen LogP contribution in [0.1, 0.15) is 48.3 Å². The van der Waals surface area contributed by atoms with Crippen LogP contribution in [0.25, 0.3) is 0 Å². The van der Waals surface area contributed by atoms with E-state index in [1.807, 2.05) is 36.4 Å². The van der Waals surface area contributed by atoms with Gasteiger partial charge >= 0.3 is 0 Å². The third-order valence-electron chi connectivity index (χ3n) is 6.61. The molecule has 10 heteroatoms. The first-order valence-corrected chi connectivity index (χ1v) is 13.1. The number of rotatable bonds is 8. The van der Waals surface area contributed by atoms with Crippen molar-refractivity contribution in [2.24, 2.45) is 0 Å². The number of nitrogens with one attached hydrogen (secondary N) is 1. The minimum Gasteiger partial charge on any atom is -0.392 e. The lowest BCUT2D eigenvalue weighted by Crippen LogP contribution is -2.42. The van der Waals surface area contributed by atoms with Crippen LogP contribution >= 0.6 is 34.8 Å². The van der Waals surface area contributed by atoms with Gasteiger partial charge in [0, 0.05) is 37.4 Å². The molecule has 196 valence electrons. The van der Waals surface area contributed by atoms with E-state index in [0.717, 1.165) is 42.6 Å². The highest BCUT2D eigenvalue weighted by Gasteiger charge is 2.36. The van der Waals surface area contributed by atoms with E-state index in [4.69, 9.17) is 49.0 Å². The van der Waals surface area contributed by atoms with E-state index < -0.39 is 16.0 Å². The zero-order valence-electron chi connectivity index (χ0n) is 20.0. The number of ether oxygens (including phenoxy) is 3. The van der Waals surface area contributed by atoms with Crippen LogP contribution in [0.3, 0.4) is 0 Å². The second-order valence-corrected chi connectivity index (χ2v) is 11.5. The molecule has 0 aliphatic carbocycles. The Morgan fingerprint density at radius 2 is 1.81 bits per heavy atom. The van der Waals surface area contributed by atoms with E-state index in [1.54, 1.807) is 19.2 Å². The van der Waals surface area contributed by atoms with Crippen molar-refractivity contribution < 1.29 is 24.1 Å².